The van der Waals surface area contributed by atoms with Crippen molar-refractivity contribution < 1.29 is 12.8 Å². The monoisotopic (exact) mass is 420 g/mol. The summed E-state index contributed by atoms with van der Waals surface area (Å²) in [7, 11) is -3.14. The molecule has 1 aromatic heterocycles. The molecule has 0 radical (unpaired) electrons. The Bertz CT molecular complexity index is 884. The molecule has 0 amide bonds. The Balaban J connectivity index is 1.82. The lowest BCUT2D eigenvalue weighted by molar-refractivity contribution is 0.383. The average Bonchev–Trinajstić information content (AvgIpc) is 3.13. The minimum Gasteiger partial charge on any atom is -0.443 e. The predicted molar refractivity (Wildman–Crippen MR) is 117 cm³/mol. The second kappa shape index (κ2) is 10.4. The fourth-order valence-electron chi connectivity index (χ4n) is 2.62. The second-order valence-corrected chi connectivity index (χ2v) is 10.1. The molecule has 2 rings (SSSR count). The zero-order chi connectivity index (χ0) is 21.3. The van der Waals surface area contributed by atoms with Crippen molar-refractivity contribution in [1.82, 2.24) is 15.6 Å². The van der Waals surface area contributed by atoms with Gasteiger partial charge in [-0.15, -0.1) is 0 Å². The van der Waals surface area contributed by atoms with Crippen molar-refractivity contribution in [3.63, 3.8) is 0 Å². The summed E-state index contributed by atoms with van der Waals surface area (Å²) in [6, 6.07) is 9.25. The molecule has 29 heavy (non-hydrogen) atoms. The van der Waals surface area contributed by atoms with E-state index in [0.29, 0.717) is 37.9 Å². The van der Waals surface area contributed by atoms with Crippen LogP contribution in [0.1, 0.15) is 51.3 Å². The van der Waals surface area contributed by atoms with Crippen LogP contribution in [-0.4, -0.2) is 38.2 Å². The fraction of sp³-hybridized carbons (Fsp3) is 0.524. The normalized spacial score (nSPS) is 12.8. The SMILES string of the molecule is CCNC(=NCc1ncc(C(C)(C)C)o1)NCCCS(=O)(=O)Cc1ccccc1. The maximum atomic E-state index is 12.3. The van der Waals surface area contributed by atoms with E-state index in [1.54, 1.807) is 6.20 Å². The van der Waals surface area contributed by atoms with Gasteiger partial charge in [-0.05, 0) is 18.9 Å². The number of aromatic nitrogens is 1. The number of rotatable bonds is 9. The molecule has 0 aliphatic heterocycles. The lowest BCUT2D eigenvalue weighted by atomic mass is 9.94. The molecule has 8 heteroatoms. The van der Waals surface area contributed by atoms with Gasteiger partial charge in [-0.25, -0.2) is 18.4 Å². The number of nitrogens with one attached hydrogen (secondary N) is 2. The summed E-state index contributed by atoms with van der Waals surface area (Å²) < 4.78 is 30.3. The highest BCUT2D eigenvalue weighted by Gasteiger charge is 2.19. The van der Waals surface area contributed by atoms with Gasteiger partial charge in [-0.2, -0.15) is 0 Å². The van der Waals surface area contributed by atoms with Crippen LogP contribution >= 0.6 is 0 Å². The molecule has 0 bridgehead atoms. The van der Waals surface area contributed by atoms with E-state index in [2.05, 4.69) is 41.4 Å². The van der Waals surface area contributed by atoms with Gasteiger partial charge < -0.3 is 15.1 Å². The first-order valence-electron chi connectivity index (χ1n) is 9.91. The highest BCUT2D eigenvalue weighted by molar-refractivity contribution is 7.90. The van der Waals surface area contributed by atoms with Crippen molar-refractivity contribution >= 4 is 15.8 Å². The summed E-state index contributed by atoms with van der Waals surface area (Å²) in [5.41, 5.74) is 0.721. The quantitative estimate of drug-likeness (QED) is 0.368. The first kappa shape index (κ1) is 22.9. The summed E-state index contributed by atoms with van der Waals surface area (Å²) in [4.78, 5) is 8.74. The summed E-state index contributed by atoms with van der Waals surface area (Å²) >= 11 is 0. The molecule has 2 aromatic rings. The molecule has 0 atom stereocenters. The summed E-state index contributed by atoms with van der Waals surface area (Å²) in [5.74, 6) is 2.19. The third-order valence-electron chi connectivity index (χ3n) is 4.16. The van der Waals surface area contributed by atoms with Crippen LogP contribution in [0.2, 0.25) is 0 Å². The first-order valence-corrected chi connectivity index (χ1v) is 11.7. The van der Waals surface area contributed by atoms with Crippen LogP contribution in [0.3, 0.4) is 0 Å². The third-order valence-corrected chi connectivity index (χ3v) is 5.85. The molecule has 1 heterocycles. The fourth-order valence-corrected chi connectivity index (χ4v) is 4.05. The van der Waals surface area contributed by atoms with Crippen LogP contribution < -0.4 is 10.6 Å². The molecule has 0 spiro atoms. The Kier molecular flexibility index (Phi) is 8.25. The van der Waals surface area contributed by atoms with E-state index < -0.39 is 9.84 Å². The molecule has 7 nitrogen and oxygen atoms in total. The molecule has 1 aromatic carbocycles. The summed E-state index contributed by atoms with van der Waals surface area (Å²) in [6.45, 7) is 9.71. The van der Waals surface area contributed by atoms with Crippen LogP contribution in [0, 0.1) is 0 Å². The van der Waals surface area contributed by atoms with Gasteiger partial charge in [0.05, 0.1) is 17.7 Å². The van der Waals surface area contributed by atoms with Crippen molar-refractivity contribution in [2.24, 2.45) is 4.99 Å². The molecule has 2 N–H and O–H groups in total. The molecule has 0 aliphatic carbocycles. The highest BCUT2D eigenvalue weighted by atomic mass is 32.2. The van der Waals surface area contributed by atoms with E-state index >= 15 is 0 Å². The van der Waals surface area contributed by atoms with Crippen molar-refractivity contribution in [1.29, 1.82) is 0 Å². The van der Waals surface area contributed by atoms with Crippen LogP contribution in [0.25, 0.3) is 0 Å². The topological polar surface area (TPSA) is 96.6 Å². The zero-order valence-corrected chi connectivity index (χ0v) is 18.6. The van der Waals surface area contributed by atoms with Gasteiger partial charge in [0, 0.05) is 18.5 Å². The smallest absolute Gasteiger partial charge is 0.216 e. The van der Waals surface area contributed by atoms with Gasteiger partial charge >= 0.3 is 0 Å². The maximum absolute atomic E-state index is 12.3. The first-order chi connectivity index (χ1) is 13.7. The van der Waals surface area contributed by atoms with Gasteiger partial charge in [0.25, 0.3) is 0 Å². The number of guanidine groups is 1. The van der Waals surface area contributed by atoms with Crippen molar-refractivity contribution in [2.75, 3.05) is 18.8 Å². The number of sulfone groups is 1. The predicted octanol–water partition coefficient (Wildman–Crippen LogP) is 3.03. The number of benzene rings is 1. The van der Waals surface area contributed by atoms with Gasteiger partial charge in [0.15, 0.2) is 15.8 Å². The van der Waals surface area contributed by atoms with Crippen LogP contribution in [0.4, 0.5) is 0 Å². The molecule has 0 fully saturated rings. The largest absolute Gasteiger partial charge is 0.443 e. The summed E-state index contributed by atoms with van der Waals surface area (Å²) in [6.07, 6.45) is 2.25. The number of oxazole rings is 1. The van der Waals surface area contributed by atoms with Crippen LogP contribution in [-0.2, 0) is 27.5 Å². The van der Waals surface area contributed by atoms with E-state index in [4.69, 9.17) is 4.42 Å². The number of hydrogen-bond acceptors (Lipinski definition) is 5. The van der Waals surface area contributed by atoms with Gasteiger partial charge in [-0.1, -0.05) is 51.1 Å². The number of nitrogens with zero attached hydrogens (tertiary/aromatic N) is 2. The van der Waals surface area contributed by atoms with E-state index in [0.717, 1.165) is 11.3 Å². The van der Waals surface area contributed by atoms with Crippen LogP contribution in [0.5, 0.6) is 0 Å². The molecular formula is C21H32N4O3S. The Morgan fingerprint density at radius 3 is 2.52 bits per heavy atom. The number of hydrogen-bond donors (Lipinski definition) is 2. The standard InChI is InChI=1S/C21H32N4O3S/c1-5-22-20(25-15-19-24-14-18(28-19)21(2,3)4)23-12-9-13-29(26,27)16-17-10-7-6-8-11-17/h6-8,10-11,14H,5,9,12-13,15-16H2,1-4H3,(H2,22,23,25). The Morgan fingerprint density at radius 1 is 1.17 bits per heavy atom. The molecular weight excluding hydrogens is 388 g/mol. The molecule has 0 unspecified atom stereocenters. The van der Waals surface area contributed by atoms with E-state index in [1.165, 1.54) is 0 Å². The molecule has 0 aliphatic rings. The zero-order valence-electron chi connectivity index (χ0n) is 17.7. The minimum absolute atomic E-state index is 0.0717. The molecule has 160 valence electrons. The van der Waals surface area contributed by atoms with Gasteiger partial charge in [-0.3, -0.25) is 0 Å². The minimum atomic E-state index is -3.14. The third kappa shape index (κ3) is 8.27. The Morgan fingerprint density at radius 2 is 1.90 bits per heavy atom. The van der Waals surface area contributed by atoms with Crippen molar-refractivity contribution in [3.8, 4) is 0 Å². The van der Waals surface area contributed by atoms with Crippen LogP contribution in [0.15, 0.2) is 45.9 Å². The summed E-state index contributed by atoms with van der Waals surface area (Å²) in [5, 5.41) is 6.32. The van der Waals surface area contributed by atoms with E-state index in [-0.39, 0.29) is 16.9 Å². The highest BCUT2D eigenvalue weighted by Crippen LogP contribution is 2.22. The number of aliphatic imine (C=N–C) groups is 1. The van der Waals surface area contributed by atoms with E-state index in [1.807, 2.05) is 37.3 Å². The lowest BCUT2D eigenvalue weighted by Gasteiger charge is -2.13. The van der Waals surface area contributed by atoms with Crippen molar-refractivity contribution in [3.05, 3.63) is 53.7 Å². The van der Waals surface area contributed by atoms with E-state index in [9.17, 15) is 8.42 Å². The van der Waals surface area contributed by atoms with Crippen molar-refractivity contribution in [2.45, 2.75) is 51.8 Å². The maximum Gasteiger partial charge on any atom is 0.216 e. The van der Waals surface area contributed by atoms with Gasteiger partial charge in [0.2, 0.25) is 5.89 Å². The molecule has 0 saturated heterocycles. The molecule has 0 saturated carbocycles. The lowest BCUT2D eigenvalue weighted by Crippen LogP contribution is -2.38. The average molecular weight is 421 g/mol. The Hall–Kier alpha value is -2.35. The Labute approximate surface area is 174 Å². The van der Waals surface area contributed by atoms with Gasteiger partial charge in [0.1, 0.15) is 12.3 Å². The second-order valence-electron chi connectivity index (χ2n) is 7.92.